The van der Waals surface area contributed by atoms with E-state index in [1.807, 2.05) is 11.6 Å². The lowest BCUT2D eigenvalue weighted by atomic mass is 10.5. The van der Waals surface area contributed by atoms with Gasteiger partial charge in [0, 0.05) is 12.8 Å². The quantitative estimate of drug-likeness (QED) is 0.743. The largest absolute Gasteiger partial charge is 0.390 e. The summed E-state index contributed by atoms with van der Waals surface area (Å²) in [5.41, 5.74) is 0.887. The second-order valence-electron chi connectivity index (χ2n) is 3.50. The van der Waals surface area contributed by atoms with E-state index < -0.39 is 0 Å². The van der Waals surface area contributed by atoms with Crippen LogP contribution < -0.4 is 0 Å². The summed E-state index contributed by atoms with van der Waals surface area (Å²) in [7, 11) is 1.95. The van der Waals surface area contributed by atoms with Crippen molar-refractivity contribution in [3.05, 3.63) is 11.9 Å². The van der Waals surface area contributed by atoms with E-state index in [2.05, 4.69) is 4.98 Å². The summed E-state index contributed by atoms with van der Waals surface area (Å²) in [5.74, 6) is 2.09. The molecule has 0 aromatic carbocycles. The fraction of sp³-hybridized carbons (Fsp3) is 0.667. The van der Waals surface area contributed by atoms with E-state index in [0.29, 0.717) is 0 Å². The summed E-state index contributed by atoms with van der Waals surface area (Å²) in [4.78, 5) is 4.25. The average Bonchev–Trinajstić information content (AvgIpc) is 2.89. The maximum atomic E-state index is 8.95. The molecular formula is C9H14N2OS. The van der Waals surface area contributed by atoms with E-state index in [4.69, 9.17) is 5.11 Å². The standard InChI is InChI=1S/C9H14N2OS/c1-11-8(5-12)4-10-9(11)13-6-7-2-3-7/h4,7,12H,2-3,5-6H2,1H3. The molecule has 1 aromatic heterocycles. The number of hydrogen-bond acceptors (Lipinski definition) is 3. The van der Waals surface area contributed by atoms with Gasteiger partial charge >= 0.3 is 0 Å². The zero-order valence-corrected chi connectivity index (χ0v) is 8.55. The molecule has 0 bridgehead atoms. The van der Waals surface area contributed by atoms with Crippen LogP contribution in [-0.4, -0.2) is 20.4 Å². The Balaban J connectivity index is 1.97. The number of imidazole rings is 1. The molecule has 1 saturated carbocycles. The first-order valence-corrected chi connectivity index (χ1v) is 5.54. The van der Waals surface area contributed by atoms with Crippen LogP contribution in [0.3, 0.4) is 0 Å². The first kappa shape index (κ1) is 9.09. The molecule has 1 aliphatic rings. The molecule has 1 N–H and O–H groups in total. The molecule has 0 spiro atoms. The maximum absolute atomic E-state index is 8.95. The van der Waals surface area contributed by atoms with Gasteiger partial charge in [0.2, 0.25) is 0 Å². The summed E-state index contributed by atoms with van der Waals surface area (Å²) >= 11 is 1.79. The predicted octanol–water partition coefficient (Wildman–Crippen LogP) is 1.41. The Labute approximate surface area is 82.2 Å². The summed E-state index contributed by atoms with van der Waals surface area (Å²) in [5, 5.41) is 9.98. The van der Waals surface area contributed by atoms with Gasteiger partial charge in [-0.05, 0) is 18.8 Å². The smallest absolute Gasteiger partial charge is 0.167 e. The molecular weight excluding hydrogens is 184 g/mol. The molecule has 72 valence electrons. The van der Waals surface area contributed by atoms with Gasteiger partial charge in [0.1, 0.15) is 0 Å². The second-order valence-corrected chi connectivity index (χ2v) is 4.49. The van der Waals surface area contributed by atoms with Gasteiger partial charge in [-0.1, -0.05) is 11.8 Å². The van der Waals surface area contributed by atoms with Crippen molar-refractivity contribution in [3.63, 3.8) is 0 Å². The first-order chi connectivity index (χ1) is 6.31. The topological polar surface area (TPSA) is 38.0 Å². The first-order valence-electron chi connectivity index (χ1n) is 4.55. The van der Waals surface area contributed by atoms with Gasteiger partial charge in [0.05, 0.1) is 18.5 Å². The monoisotopic (exact) mass is 198 g/mol. The molecule has 1 aliphatic carbocycles. The van der Waals surface area contributed by atoms with Gasteiger partial charge in [-0.25, -0.2) is 4.98 Å². The summed E-state index contributed by atoms with van der Waals surface area (Å²) in [6.07, 6.45) is 4.50. The van der Waals surface area contributed by atoms with Gasteiger partial charge in [-0.15, -0.1) is 0 Å². The number of aliphatic hydroxyl groups is 1. The number of aromatic nitrogens is 2. The number of hydrogen-bond donors (Lipinski definition) is 1. The van der Waals surface area contributed by atoms with E-state index in [1.54, 1.807) is 18.0 Å². The average molecular weight is 198 g/mol. The minimum Gasteiger partial charge on any atom is -0.390 e. The highest BCUT2D eigenvalue weighted by Gasteiger charge is 2.22. The van der Waals surface area contributed by atoms with Crippen LogP contribution >= 0.6 is 11.8 Å². The van der Waals surface area contributed by atoms with Crippen molar-refractivity contribution in [1.82, 2.24) is 9.55 Å². The molecule has 2 rings (SSSR count). The summed E-state index contributed by atoms with van der Waals surface area (Å²) in [6, 6.07) is 0. The maximum Gasteiger partial charge on any atom is 0.167 e. The fourth-order valence-corrected chi connectivity index (χ4v) is 2.34. The zero-order valence-electron chi connectivity index (χ0n) is 7.73. The van der Waals surface area contributed by atoms with Crippen LogP contribution in [0.5, 0.6) is 0 Å². The van der Waals surface area contributed by atoms with Crippen LogP contribution in [0.25, 0.3) is 0 Å². The van der Waals surface area contributed by atoms with Crippen LogP contribution in [0.15, 0.2) is 11.4 Å². The van der Waals surface area contributed by atoms with E-state index >= 15 is 0 Å². The van der Waals surface area contributed by atoms with Crippen LogP contribution in [0.4, 0.5) is 0 Å². The summed E-state index contributed by atoms with van der Waals surface area (Å²) < 4.78 is 1.97. The Hall–Kier alpha value is -0.480. The third-order valence-corrected chi connectivity index (χ3v) is 3.62. The highest BCUT2D eigenvalue weighted by molar-refractivity contribution is 7.99. The molecule has 4 heteroatoms. The van der Waals surface area contributed by atoms with Crippen molar-refractivity contribution >= 4 is 11.8 Å². The normalized spacial score (nSPS) is 16.5. The Kier molecular flexibility index (Phi) is 2.60. The van der Waals surface area contributed by atoms with Gasteiger partial charge < -0.3 is 9.67 Å². The molecule has 3 nitrogen and oxygen atoms in total. The van der Waals surface area contributed by atoms with Gasteiger partial charge in [-0.3, -0.25) is 0 Å². The van der Waals surface area contributed by atoms with Crippen molar-refractivity contribution in [1.29, 1.82) is 0 Å². The van der Waals surface area contributed by atoms with Crippen LogP contribution in [0.1, 0.15) is 18.5 Å². The van der Waals surface area contributed by atoms with Crippen LogP contribution in [0.2, 0.25) is 0 Å². The number of aliphatic hydroxyl groups excluding tert-OH is 1. The Bertz CT molecular complexity index is 294. The second kappa shape index (κ2) is 3.72. The van der Waals surface area contributed by atoms with Gasteiger partial charge in [0.15, 0.2) is 5.16 Å². The molecule has 1 aromatic rings. The SMILES string of the molecule is Cn1c(CO)cnc1SCC1CC1. The lowest BCUT2D eigenvalue weighted by Gasteiger charge is -2.02. The Morgan fingerprint density at radius 1 is 1.69 bits per heavy atom. The predicted molar refractivity (Wildman–Crippen MR) is 52.6 cm³/mol. The number of rotatable bonds is 4. The van der Waals surface area contributed by atoms with E-state index in [9.17, 15) is 0 Å². The van der Waals surface area contributed by atoms with Gasteiger partial charge in [-0.2, -0.15) is 0 Å². The molecule has 0 amide bonds. The lowest BCUT2D eigenvalue weighted by molar-refractivity contribution is 0.271. The summed E-state index contributed by atoms with van der Waals surface area (Å²) in [6.45, 7) is 0.0769. The van der Waals surface area contributed by atoms with Crippen LogP contribution in [0, 0.1) is 5.92 Å². The van der Waals surface area contributed by atoms with Gasteiger partial charge in [0.25, 0.3) is 0 Å². The van der Waals surface area contributed by atoms with E-state index in [0.717, 1.165) is 16.8 Å². The molecule has 0 unspecified atom stereocenters. The molecule has 0 atom stereocenters. The fourth-order valence-electron chi connectivity index (χ4n) is 1.18. The molecule has 0 aliphatic heterocycles. The molecule has 0 radical (unpaired) electrons. The third kappa shape index (κ3) is 2.06. The third-order valence-electron chi connectivity index (χ3n) is 2.35. The van der Waals surface area contributed by atoms with Crippen LogP contribution in [-0.2, 0) is 13.7 Å². The van der Waals surface area contributed by atoms with Crippen molar-refractivity contribution in [2.45, 2.75) is 24.6 Å². The van der Waals surface area contributed by atoms with Crippen molar-refractivity contribution in [2.24, 2.45) is 13.0 Å². The van der Waals surface area contributed by atoms with Crippen molar-refractivity contribution < 1.29 is 5.11 Å². The number of thioether (sulfide) groups is 1. The van der Waals surface area contributed by atoms with E-state index in [-0.39, 0.29) is 6.61 Å². The molecule has 1 fully saturated rings. The minimum atomic E-state index is 0.0769. The Morgan fingerprint density at radius 2 is 2.46 bits per heavy atom. The molecule has 13 heavy (non-hydrogen) atoms. The zero-order chi connectivity index (χ0) is 9.26. The highest BCUT2D eigenvalue weighted by atomic mass is 32.2. The number of nitrogens with zero attached hydrogens (tertiary/aromatic N) is 2. The molecule has 1 heterocycles. The van der Waals surface area contributed by atoms with Crippen molar-refractivity contribution in [3.8, 4) is 0 Å². The Morgan fingerprint density at radius 3 is 3.00 bits per heavy atom. The minimum absolute atomic E-state index is 0.0769. The highest BCUT2D eigenvalue weighted by Crippen LogP contribution is 2.34. The molecule has 0 saturated heterocycles. The van der Waals surface area contributed by atoms with E-state index in [1.165, 1.54) is 18.6 Å². The van der Waals surface area contributed by atoms with Crippen molar-refractivity contribution in [2.75, 3.05) is 5.75 Å². The lowest BCUT2D eigenvalue weighted by Crippen LogP contribution is -1.97.